The molecular formula is C38H76N8O8. The maximum atomic E-state index is 13.0. The van der Waals surface area contributed by atoms with Crippen molar-refractivity contribution in [3.63, 3.8) is 0 Å². The lowest BCUT2D eigenvalue weighted by molar-refractivity contribution is -0.130. The van der Waals surface area contributed by atoms with Gasteiger partial charge in [-0.15, -0.1) is 0 Å². The number of unbranched alkanes of at least 4 members (excludes halogenated alkanes) is 6. The Morgan fingerprint density at radius 3 is 1.09 bits per heavy atom. The Morgan fingerprint density at radius 2 is 0.778 bits per heavy atom. The number of carbonyl (C=O) groups excluding carboxylic acids is 5. The molecule has 0 radical (unpaired) electrons. The minimum Gasteiger partial charge on any atom is -0.379 e. The van der Waals surface area contributed by atoms with Gasteiger partial charge < -0.3 is 57.2 Å². The number of ether oxygens (including phenoxy) is 3. The molecule has 9 N–H and O–H groups in total. The van der Waals surface area contributed by atoms with Crippen LogP contribution in [-0.4, -0.2) is 135 Å². The maximum absolute atomic E-state index is 13.0. The summed E-state index contributed by atoms with van der Waals surface area (Å²) in [6.45, 7) is 5.35. The molecule has 5 amide bonds. The predicted octanol–water partition coefficient (Wildman–Crippen LogP) is 1.02. The molecule has 0 unspecified atom stereocenters. The molecule has 16 heteroatoms. The third-order valence-electron chi connectivity index (χ3n) is 8.49. The van der Waals surface area contributed by atoms with Crippen LogP contribution in [0.4, 0.5) is 0 Å². The number of primary amides is 1. The molecule has 0 aliphatic carbocycles. The Morgan fingerprint density at radius 1 is 0.426 bits per heavy atom. The molecular weight excluding hydrogens is 696 g/mol. The summed E-state index contributed by atoms with van der Waals surface area (Å²) >= 11 is 0. The third-order valence-corrected chi connectivity index (χ3v) is 8.49. The molecule has 0 saturated heterocycles. The van der Waals surface area contributed by atoms with Crippen molar-refractivity contribution in [1.29, 1.82) is 0 Å². The van der Waals surface area contributed by atoms with Gasteiger partial charge in [0, 0.05) is 71.6 Å². The largest absolute Gasteiger partial charge is 0.379 e. The average Bonchev–Trinajstić information content (AvgIpc) is 3.14. The minimum atomic E-state index is -1.08. The van der Waals surface area contributed by atoms with Gasteiger partial charge in [-0.3, -0.25) is 24.0 Å². The quantitative estimate of drug-likeness (QED) is 0.0411. The predicted molar refractivity (Wildman–Crippen MR) is 212 cm³/mol. The number of hydrogen-bond acceptors (Lipinski definition) is 11. The van der Waals surface area contributed by atoms with Crippen LogP contribution in [-0.2, 0) is 38.2 Å². The zero-order chi connectivity index (χ0) is 40.0. The van der Waals surface area contributed by atoms with Crippen LogP contribution in [0.25, 0.3) is 0 Å². The van der Waals surface area contributed by atoms with Crippen LogP contribution in [0.1, 0.15) is 109 Å². The monoisotopic (exact) mass is 773 g/mol. The van der Waals surface area contributed by atoms with Crippen LogP contribution in [0.2, 0.25) is 0 Å². The summed E-state index contributed by atoms with van der Waals surface area (Å²) in [7, 11) is 5.74. The lowest BCUT2D eigenvalue weighted by Crippen LogP contribution is -2.58. The number of nitrogens with one attached hydrogen (secondary N) is 7. The lowest BCUT2D eigenvalue weighted by atomic mass is 10.0. The fourth-order valence-electron chi connectivity index (χ4n) is 5.39. The molecule has 0 fully saturated rings. The fourth-order valence-corrected chi connectivity index (χ4v) is 5.39. The summed E-state index contributed by atoms with van der Waals surface area (Å²) in [5.41, 5.74) is 4.21. The standard InChI is InChI=1S/C38H76N8O8/c1-40-21-10-4-7-16-34(48)43-24-13-27-52-30-38(46-37(51)20-19-33(39)47,31-53-28-14-25-44-35(49)17-8-5-11-22-41-2)32-54-29-15-26-45-36(50)18-9-6-12-23-42-3/h40-42H,4-32H2,1-3H3,(H2,39,47)(H,43,48)(H,44,49)(H,45,50)(H,46,51). The number of nitrogens with two attached hydrogens (primary N) is 1. The van der Waals surface area contributed by atoms with E-state index in [4.69, 9.17) is 19.9 Å². The molecule has 0 aliphatic heterocycles. The zero-order valence-electron chi connectivity index (χ0n) is 33.8. The SMILES string of the molecule is CNCCCCCC(=O)NCCCOCC(COCCCNC(=O)CCCCCNC)(COCCCNC(=O)CCCCCNC)NC(=O)CCC(N)=O. The smallest absolute Gasteiger partial charge is 0.221 e. The van der Waals surface area contributed by atoms with Crippen molar-refractivity contribution in [1.82, 2.24) is 37.2 Å². The van der Waals surface area contributed by atoms with Crippen LogP contribution in [0.15, 0.2) is 0 Å². The first-order chi connectivity index (χ1) is 26.2. The van der Waals surface area contributed by atoms with Gasteiger partial charge in [0.2, 0.25) is 29.5 Å². The molecule has 316 valence electrons. The second-order valence-corrected chi connectivity index (χ2v) is 13.8. The molecule has 0 bridgehead atoms. The highest BCUT2D eigenvalue weighted by molar-refractivity contribution is 5.83. The lowest BCUT2D eigenvalue weighted by Gasteiger charge is -2.34. The van der Waals surface area contributed by atoms with E-state index in [1.165, 1.54) is 0 Å². The average molecular weight is 773 g/mol. The van der Waals surface area contributed by atoms with E-state index in [1.54, 1.807) is 0 Å². The second-order valence-electron chi connectivity index (χ2n) is 13.8. The van der Waals surface area contributed by atoms with E-state index in [1.807, 2.05) is 21.1 Å². The molecule has 0 atom stereocenters. The second kappa shape index (κ2) is 37.1. The topological polar surface area (TPSA) is 223 Å². The highest BCUT2D eigenvalue weighted by Gasteiger charge is 2.33. The van der Waals surface area contributed by atoms with Gasteiger partial charge in [0.1, 0.15) is 5.54 Å². The molecule has 0 aliphatic rings. The van der Waals surface area contributed by atoms with Crippen molar-refractivity contribution >= 4 is 29.5 Å². The van der Waals surface area contributed by atoms with E-state index in [0.29, 0.717) is 78.0 Å². The van der Waals surface area contributed by atoms with E-state index in [2.05, 4.69) is 37.2 Å². The van der Waals surface area contributed by atoms with E-state index in [9.17, 15) is 24.0 Å². The van der Waals surface area contributed by atoms with Gasteiger partial charge in [0.25, 0.3) is 0 Å². The summed E-state index contributed by atoms with van der Waals surface area (Å²) in [4.78, 5) is 61.0. The van der Waals surface area contributed by atoms with Gasteiger partial charge in [-0.05, 0) is 98.6 Å². The molecule has 0 aromatic heterocycles. The summed E-state index contributed by atoms with van der Waals surface area (Å²) in [5.74, 6) is -0.939. The number of amides is 5. The molecule has 0 saturated carbocycles. The van der Waals surface area contributed by atoms with E-state index >= 15 is 0 Å². The molecule has 0 heterocycles. The summed E-state index contributed by atoms with van der Waals surface area (Å²) in [5, 5.41) is 21.1. The van der Waals surface area contributed by atoms with Gasteiger partial charge in [0.05, 0.1) is 19.8 Å². The van der Waals surface area contributed by atoms with Crippen molar-refractivity contribution in [2.24, 2.45) is 5.73 Å². The molecule has 0 aromatic carbocycles. The number of carbonyl (C=O) groups is 5. The summed E-state index contributed by atoms with van der Waals surface area (Å²) in [6.07, 6.45) is 11.6. The Balaban J connectivity index is 5.13. The fraction of sp³-hybridized carbons (Fsp3) is 0.868. The number of rotatable bonds is 40. The van der Waals surface area contributed by atoms with E-state index in [-0.39, 0.29) is 50.4 Å². The van der Waals surface area contributed by atoms with E-state index in [0.717, 1.165) is 77.4 Å². The maximum Gasteiger partial charge on any atom is 0.221 e. The summed E-state index contributed by atoms with van der Waals surface area (Å²) < 4.78 is 18.1. The highest BCUT2D eigenvalue weighted by atomic mass is 16.5. The van der Waals surface area contributed by atoms with Crippen LogP contribution in [0.5, 0.6) is 0 Å². The molecule has 0 rings (SSSR count). The molecule has 0 spiro atoms. The summed E-state index contributed by atoms with van der Waals surface area (Å²) in [6, 6.07) is 0. The minimum absolute atomic E-state index is 0.0127. The first-order valence-electron chi connectivity index (χ1n) is 20.2. The van der Waals surface area contributed by atoms with Gasteiger partial charge in [-0.25, -0.2) is 0 Å². The van der Waals surface area contributed by atoms with Crippen molar-refractivity contribution in [2.75, 3.05) is 100 Å². The van der Waals surface area contributed by atoms with Crippen LogP contribution >= 0.6 is 0 Å². The van der Waals surface area contributed by atoms with Crippen LogP contribution in [0.3, 0.4) is 0 Å². The van der Waals surface area contributed by atoms with Gasteiger partial charge in [-0.2, -0.15) is 0 Å². The Labute approximate surface area is 325 Å². The van der Waals surface area contributed by atoms with Gasteiger partial charge >= 0.3 is 0 Å². The molecule has 0 aromatic rings. The molecule has 54 heavy (non-hydrogen) atoms. The zero-order valence-corrected chi connectivity index (χ0v) is 33.8. The normalized spacial score (nSPS) is 11.3. The number of hydrogen-bond donors (Lipinski definition) is 8. The molecule has 16 nitrogen and oxygen atoms in total. The van der Waals surface area contributed by atoms with Crippen molar-refractivity contribution in [3.8, 4) is 0 Å². The highest BCUT2D eigenvalue weighted by Crippen LogP contribution is 2.12. The van der Waals surface area contributed by atoms with Crippen molar-refractivity contribution in [3.05, 3.63) is 0 Å². The Hall–Kier alpha value is -2.89. The van der Waals surface area contributed by atoms with Gasteiger partial charge in [-0.1, -0.05) is 19.3 Å². The van der Waals surface area contributed by atoms with Crippen LogP contribution in [0, 0.1) is 0 Å². The van der Waals surface area contributed by atoms with Crippen molar-refractivity contribution < 1.29 is 38.2 Å². The van der Waals surface area contributed by atoms with Crippen molar-refractivity contribution in [2.45, 2.75) is 115 Å². The Kier molecular flexibility index (Phi) is 35.1. The first kappa shape index (κ1) is 51.1. The Bertz CT molecular complexity index is 883. The van der Waals surface area contributed by atoms with Gasteiger partial charge in [0.15, 0.2) is 0 Å². The van der Waals surface area contributed by atoms with Crippen LogP contribution < -0.4 is 43.0 Å². The first-order valence-corrected chi connectivity index (χ1v) is 20.2. The van der Waals surface area contributed by atoms with E-state index < -0.39 is 17.4 Å². The third kappa shape index (κ3) is 33.7.